The summed E-state index contributed by atoms with van der Waals surface area (Å²) >= 11 is 0. The number of carbonyl (C=O) groups is 1. The summed E-state index contributed by atoms with van der Waals surface area (Å²) in [5, 5.41) is 9.23. The van der Waals surface area contributed by atoms with E-state index in [9.17, 15) is 9.90 Å². The molecule has 0 radical (unpaired) electrons. The Balaban J connectivity index is 2.45. The highest BCUT2D eigenvalue weighted by Crippen LogP contribution is 2.46. The average molecular weight is 291 g/mol. The molecule has 0 aliphatic heterocycles. The lowest BCUT2D eigenvalue weighted by Gasteiger charge is -2.28. The minimum atomic E-state index is -1.72. The number of hydrogen-bond acceptors (Lipinski definition) is 3. The normalized spacial score (nSPS) is 19.1. The van der Waals surface area contributed by atoms with Crippen LogP contribution in [0.15, 0.2) is 18.2 Å². The molecule has 1 saturated carbocycles. The highest BCUT2D eigenvalue weighted by Gasteiger charge is 2.35. The van der Waals surface area contributed by atoms with Crippen LogP contribution in [0.5, 0.6) is 5.75 Å². The Labute approximate surface area is 126 Å². The van der Waals surface area contributed by atoms with Crippen molar-refractivity contribution in [3.63, 3.8) is 0 Å². The molecule has 0 amide bonds. The zero-order valence-electron chi connectivity index (χ0n) is 13.2. The minimum absolute atomic E-state index is 0.246. The number of nitrogens with two attached hydrogens (primary N) is 1. The van der Waals surface area contributed by atoms with Crippen molar-refractivity contribution in [1.82, 2.24) is 0 Å². The van der Waals surface area contributed by atoms with Crippen LogP contribution < -0.4 is 10.5 Å². The largest absolute Gasteiger partial charge is 0.477 e. The van der Waals surface area contributed by atoms with Crippen LogP contribution in [-0.4, -0.2) is 16.8 Å². The zero-order valence-corrected chi connectivity index (χ0v) is 13.2. The van der Waals surface area contributed by atoms with Gasteiger partial charge in [-0.3, -0.25) is 5.73 Å². The summed E-state index contributed by atoms with van der Waals surface area (Å²) in [4.78, 5) is 11.3. The van der Waals surface area contributed by atoms with Crippen molar-refractivity contribution >= 4 is 5.97 Å². The number of aliphatic carboxylic acids is 1. The molecule has 2 rings (SSSR count). The van der Waals surface area contributed by atoms with E-state index in [-0.39, 0.29) is 5.92 Å². The fourth-order valence-corrected chi connectivity index (χ4v) is 2.61. The standard InChI is InChI=1S/C17H25NO3/c1-10(2)13-6-5-7-14(11(3)12-8-9-12)15(13)21-17(4,18)16(19)20/h5-7,10-12H,8-9,18H2,1-4H3,(H,19,20)/t11-,17?/m1/s1. The average Bonchev–Trinajstić information content (AvgIpc) is 3.21. The van der Waals surface area contributed by atoms with Crippen molar-refractivity contribution < 1.29 is 14.6 Å². The summed E-state index contributed by atoms with van der Waals surface area (Å²) in [6.07, 6.45) is 2.46. The van der Waals surface area contributed by atoms with Gasteiger partial charge in [0.25, 0.3) is 5.72 Å². The molecule has 1 aliphatic carbocycles. The second-order valence-electron chi connectivity index (χ2n) is 6.56. The lowest BCUT2D eigenvalue weighted by Crippen LogP contribution is -2.50. The Bertz CT molecular complexity index is 533. The van der Waals surface area contributed by atoms with Gasteiger partial charge < -0.3 is 9.84 Å². The van der Waals surface area contributed by atoms with Gasteiger partial charge in [-0.05, 0) is 41.7 Å². The second-order valence-corrected chi connectivity index (χ2v) is 6.56. The van der Waals surface area contributed by atoms with Crippen LogP contribution in [-0.2, 0) is 4.79 Å². The van der Waals surface area contributed by atoms with Crippen molar-refractivity contribution in [2.24, 2.45) is 11.7 Å². The Morgan fingerprint density at radius 3 is 2.38 bits per heavy atom. The molecule has 0 aromatic heterocycles. The number of rotatable bonds is 6. The van der Waals surface area contributed by atoms with E-state index in [1.165, 1.54) is 19.8 Å². The molecule has 0 bridgehead atoms. The van der Waals surface area contributed by atoms with Gasteiger partial charge >= 0.3 is 5.97 Å². The highest BCUT2D eigenvalue weighted by atomic mass is 16.5. The first-order valence-electron chi connectivity index (χ1n) is 7.58. The van der Waals surface area contributed by atoms with E-state index in [4.69, 9.17) is 10.5 Å². The van der Waals surface area contributed by atoms with Gasteiger partial charge in [0, 0.05) is 6.92 Å². The van der Waals surface area contributed by atoms with E-state index in [0.29, 0.717) is 17.6 Å². The summed E-state index contributed by atoms with van der Waals surface area (Å²) in [6.45, 7) is 7.71. The molecule has 0 saturated heterocycles. The van der Waals surface area contributed by atoms with Crippen LogP contribution in [0.25, 0.3) is 0 Å². The third kappa shape index (κ3) is 3.38. The van der Waals surface area contributed by atoms with Gasteiger partial charge in [-0.25, -0.2) is 4.79 Å². The number of hydrogen-bond donors (Lipinski definition) is 2. The molecule has 1 fully saturated rings. The monoisotopic (exact) mass is 291 g/mol. The molecule has 1 unspecified atom stereocenters. The van der Waals surface area contributed by atoms with E-state index < -0.39 is 11.7 Å². The third-order valence-electron chi connectivity index (χ3n) is 4.26. The molecule has 4 nitrogen and oxygen atoms in total. The predicted octanol–water partition coefficient (Wildman–Crippen LogP) is 3.46. The molecule has 116 valence electrons. The number of carboxylic acids is 1. The Kier molecular flexibility index (Phi) is 4.28. The maximum Gasteiger partial charge on any atom is 0.363 e. The lowest BCUT2D eigenvalue weighted by molar-refractivity contribution is -0.153. The van der Waals surface area contributed by atoms with Crippen LogP contribution in [0, 0.1) is 5.92 Å². The van der Waals surface area contributed by atoms with E-state index in [1.54, 1.807) is 0 Å². The van der Waals surface area contributed by atoms with Gasteiger partial charge in [-0.1, -0.05) is 39.0 Å². The topological polar surface area (TPSA) is 72.5 Å². The van der Waals surface area contributed by atoms with Crippen LogP contribution in [0.2, 0.25) is 0 Å². The molecule has 0 heterocycles. The maximum absolute atomic E-state index is 11.3. The smallest absolute Gasteiger partial charge is 0.363 e. The van der Waals surface area contributed by atoms with Crippen molar-refractivity contribution in [2.45, 2.75) is 58.1 Å². The van der Waals surface area contributed by atoms with Crippen molar-refractivity contribution in [1.29, 1.82) is 0 Å². The zero-order chi connectivity index (χ0) is 15.8. The lowest BCUT2D eigenvalue weighted by atomic mass is 9.90. The Morgan fingerprint density at radius 2 is 1.90 bits per heavy atom. The fourth-order valence-electron chi connectivity index (χ4n) is 2.61. The quantitative estimate of drug-likeness (QED) is 0.787. The molecule has 21 heavy (non-hydrogen) atoms. The van der Waals surface area contributed by atoms with E-state index in [2.05, 4.69) is 20.8 Å². The van der Waals surface area contributed by atoms with Gasteiger partial charge in [0.15, 0.2) is 0 Å². The molecule has 0 spiro atoms. The molecule has 2 atom stereocenters. The molecule has 1 aromatic carbocycles. The van der Waals surface area contributed by atoms with E-state index in [0.717, 1.165) is 11.1 Å². The van der Waals surface area contributed by atoms with Gasteiger partial charge in [0.1, 0.15) is 5.75 Å². The van der Waals surface area contributed by atoms with Crippen LogP contribution in [0.1, 0.15) is 63.5 Å². The highest BCUT2D eigenvalue weighted by molar-refractivity contribution is 5.76. The first kappa shape index (κ1) is 15.8. The minimum Gasteiger partial charge on any atom is -0.477 e. The summed E-state index contributed by atoms with van der Waals surface area (Å²) in [7, 11) is 0. The fraction of sp³-hybridized carbons (Fsp3) is 0.588. The van der Waals surface area contributed by atoms with Crippen molar-refractivity contribution in [3.8, 4) is 5.75 Å². The molecular weight excluding hydrogens is 266 g/mol. The molecule has 1 aromatic rings. The molecule has 4 heteroatoms. The first-order chi connectivity index (χ1) is 9.74. The number of ether oxygens (including phenoxy) is 1. The van der Waals surface area contributed by atoms with Gasteiger partial charge in [-0.2, -0.15) is 0 Å². The summed E-state index contributed by atoms with van der Waals surface area (Å²) in [5.74, 6) is 0.772. The Hall–Kier alpha value is -1.55. The van der Waals surface area contributed by atoms with Gasteiger partial charge in [0.05, 0.1) is 0 Å². The van der Waals surface area contributed by atoms with Gasteiger partial charge in [-0.15, -0.1) is 0 Å². The molecule has 3 N–H and O–H groups in total. The summed E-state index contributed by atoms with van der Waals surface area (Å²) < 4.78 is 5.76. The summed E-state index contributed by atoms with van der Waals surface area (Å²) in [5.41, 5.74) is 6.16. The number of benzene rings is 1. The van der Waals surface area contributed by atoms with Crippen molar-refractivity contribution in [3.05, 3.63) is 29.3 Å². The van der Waals surface area contributed by atoms with E-state index >= 15 is 0 Å². The third-order valence-corrected chi connectivity index (χ3v) is 4.26. The van der Waals surface area contributed by atoms with E-state index in [1.807, 2.05) is 18.2 Å². The van der Waals surface area contributed by atoms with Crippen molar-refractivity contribution in [2.75, 3.05) is 0 Å². The molecular formula is C17H25NO3. The predicted molar refractivity (Wildman–Crippen MR) is 82.5 cm³/mol. The van der Waals surface area contributed by atoms with Crippen LogP contribution >= 0.6 is 0 Å². The second kappa shape index (κ2) is 5.68. The number of carboxylic acid groups (broad SMARTS) is 1. The van der Waals surface area contributed by atoms with Crippen LogP contribution in [0.4, 0.5) is 0 Å². The molecule has 1 aliphatic rings. The summed E-state index contributed by atoms with van der Waals surface area (Å²) in [6, 6.07) is 6.04. The maximum atomic E-state index is 11.3. The number of para-hydroxylation sites is 1. The first-order valence-corrected chi connectivity index (χ1v) is 7.58. The van der Waals surface area contributed by atoms with Gasteiger partial charge in [0.2, 0.25) is 0 Å². The van der Waals surface area contributed by atoms with Crippen LogP contribution in [0.3, 0.4) is 0 Å². The Morgan fingerprint density at radius 1 is 1.33 bits per heavy atom. The SMILES string of the molecule is CC(C)c1cccc([C@H](C)C2CC2)c1OC(C)(N)C(=O)O.